The molecule has 0 aliphatic carbocycles. The summed E-state index contributed by atoms with van der Waals surface area (Å²) in [6.07, 6.45) is 2.10. The van der Waals surface area contributed by atoms with Crippen molar-refractivity contribution in [1.82, 2.24) is 4.90 Å². The highest BCUT2D eigenvalue weighted by molar-refractivity contribution is 7.09. The highest BCUT2D eigenvalue weighted by Gasteiger charge is 2.14. The number of hydrogen-bond acceptors (Lipinski definition) is 3. The number of hydrogen-bond donors (Lipinski definition) is 1. The minimum atomic E-state index is 0.229. The Balaban J connectivity index is 1.82. The van der Waals surface area contributed by atoms with Gasteiger partial charge in [0.1, 0.15) is 0 Å². The van der Waals surface area contributed by atoms with Crippen LogP contribution >= 0.6 is 11.3 Å². The Bertz CT molecular complexity index is 493. The van der Waals surface area contributed by atoms with Gasteiger partial charge < -0.3 is 5.73 Å². The second-order valence-corrected chi connectivity index (χ2v) is 6.92. The fourth-order valence-corrected chi connectivity index (χ4v) is 3.18. The molecule has 0 amide bonds. The van der Waals surface area contributed by atoms with Crippen molar-refractivity contribution in [3.05, 3.63) is 58.3 Å². The van der Waals surface area contributed by atoms with Crippen LogP contribution in [-0.4, -0.2) is 23.5 Å². The van der Waals surface area contributed by atoms with Crippen LogP contribution in [0.2, 0.25) is 0 Å². The van der Waals surface area contributed by atoms with Crippen molar-refractivity contribution in [3.8, 4) is 0 Å². The lowest BCUT2D eigenvalue weighted by molar-refractivity contribution is 0.198. The van der Waals surface area contributed by atoms with Crippen LogP contribution in [0.1, 0.15) is 30.7 Å². The second-order valence-electron chi connectivity index (χ2n) is 5.89. The third-order valence-corrected chi connectivity index (χ3v) is 4.65. The monoisotopic (exact) mass is 302 g/mol. The molecule has 0 bridgehead atoms. The lowest BCUT2D eigenvalue weighted by Crippen LogP contribution is -2.41. The SMILES string of the molecule is CC(C)N(Cc1cccs1)CC(N)CCc1ccccc1. The minimum Gasteiger partial charge on any atom is -0.327 e. The first-order valence-electron chi connectivity index (χ1n) is 7.71. The maximum Gasteiger partial charge on any atom is 0.0331 e. The molecule has 1 unspecified atom stereocenters. The summed E-state index contributed by atoms with van der Waals surface area (Å²) in [5.41, 5.74) is 7.73. The maximum absolute atomic E-state index is 6.35. The van der Waals surface area contributed by atoms with Crippen molar-refractivity contribution in [2.24, 2.45) is 5.73 Å². The molecule has 3 heteroatoms. The van der Waals surface area contributed by atoms with E-state index < -0.39 is 0 Å². The normalized spacial score (nSPS) is 13.0. The van der Waals surface area contributed by atoms with Gasteiger partial charge in [0, 0.05) is 30.1 Å². The van der Waals surface area contributed by atoms with E-state index in [1.165, 1.54) is 10.4 Å². The van der Waals surface area contributed by atoms with Crippen LogP contribution in [0, 0.1) is 0 Å². The average Bonchev–Trinajstić information content (AvgIpc) is 2.98. The van der Waals surface area contributed by atoms with Gasteiger partial charge in [-0.25, -0.2) is 0 Å². The Morgan fingerprint density at radius 1 is 1.10 bits per heavy atom. The Hall–Kier alpha value is -1.16. The van der Waals surface area contributed by atoms with Crippen LogP contribution in [0.5, 0.6) is 0 Å². The summed E-state index contributed by atoms with van der Waals surface area (Å²) in [5.74, 6) is 0. The third-order valence-electron chi connectivity index (χ3n) is 3.78. The van der Waals surface area contributed by atoms with Gasteiger partial charge in [-0.1, -0.05) is 36.4 Å². The van der Waals surface area contributed by atoms with Crippen molar-refractivity contribution in [3.63, 3.8) is 0 Å². The van der Waals surface area contributed by atoms with Crippen LogP contribution in [0.25, 0.3) is 0 Å². The van der Waals surface area contributed by atoms with Crippen LogP contribution in [0.3, 0.4) is 0 Å². The van der Waals surface area contributed by atoms with E-state index in [9.17, 15) is 0 Å². The Kier molecular flexibility index (Phi) is 6.43. The highest BCUT2D eigenvalue weighted by Crippen LogP contribution is 2.15. The predicted octanol–water partition coefficient (Wildman–Crippen LogP) is 3.92. The molecule has 1 aromatic heterocycles. The molecule has 21 heavy (non-hydrogen) atoms. The number of rotatable bonds is 8. The Morgan fingerprint density at radius 2 is 1.86 bits per heavy atom. The van der Waals surface area contributed by atoms with Crippen LogP contribution in [0.4, 0.5) is 0 Å². The summed E-state index contributed by atoms with van der Waals surface area (Å²) in [5, 5.41) is 2.14. The smallest absolute Gasteiger partial charge is 0.0331 e. The largest absolute Gasteiger partial charge is 0.327 e. The van der Waals surface area contributed by atoms with E-state index >= 15 is 0 Å². The molecular weight excluding hydrogens is 276 g/mol. The van der Waals surface area contributed by atoms with Gasteiger partial charge >= 0.3 is 0 Å². The minimum absolute atomic E-state index is 0.229. The van der Waals surface area contributed by atoms with Gasteiger partial charge in [-0.2, -0.15) is 0 Å². The van der Waals surface area contributed by atoms with E-state index in [0.717, 1.165) is 25.9 Å². The van der Waals surface area contributed by atoms with Crippen molar-refractivity contribution in [2.45, 2.75) is 45.3 Å². The van der Waals surface area contributed by atoms with Gasteiger partial charge in [-0.15, -0.1) is 11.3 Å². The first kappa shape index (κ1) is 16.2. The highest BCUT2D eigenvalue weighted by atomic mass is 32.1. The van der Waals surface area contributed by atoms with E-state index in [1.807, 2.05) is 11.3 Å². The Morgan fingerprint density at radius 3 is 2.48 bits per heavy atom. The van der Waals surface area contributed by atoms with Crippen LogP contribution in [-0.2, 0) is 13.0 Å². The van der Waals surface area contributed by atoms with Crippen molar-refractivity contribution in [2.75, 3.05) is 6.54 Å². The van der Waals surface area contributed by atoms with E-state index in [1.54, 1.807) is 0 Å². The molecule has 0 radical (unpaired) electrons. The van der Waals surface area contributed by atoms with Crippen LogP contribution < -0.4 is 5.73 Å². The van der Waals surface area contributed by atoms with Gasteiger partial charge in [0.05, 0.1) is 0 Å². The van der Waals surface area contributed by atoms with Gasteiger partial charge in [0.15, 0.2) is 0 Å². The van der Waals surface area contributed by atoms with Crippen molar-refractivity contribution in [1.29, 1.82) is 0 Å². The van der Waals surface area contributed by atoms with Crippen molar-refractivity contribution >= 4 is 11.3 Å². The second kappa shape index (κ2) is 8.32. The zero-order valence-electron chi connectivity index (χ0n) is 13.0. The first-order valence-corrected chi connectivity index (χ1v) is 8.59. The number of aryl methyl sites for hydroxylation is 1. The summed E-state index contributed by atoms with van der Waals surface area (Å²) >= 11 is 1.82. The molecule has 2 N–H and O–H groups in total. The average molecular weight is 302 g/mol. The van der Waals surface area contributed by atoms with E-state index in [0.29, 0.717) is 6.04 Å². The molecule has 0 saturated carbocycles. The zero-order chi connectivity index (χ0) is 15.1. The molecule has 2 nitrogen and oxygen atoms in total. The maximum atomic E-state index is 6.35. The van der Waals surface area contributed by atoms with Crippen LogP contribution in [0.15, 0.2) is 47.8 Å². The summed E-state index contributed by atoms with van der Waals surface area (Å²) in [6, 6.07) is 15.7. The van der Waals surface area contributed by atoms with Crippen molar-refractivity contribution < 1.29 is 0 Å². The molecule has 0 aliphatic heterocycles. The van der Waals surface area contributed by atoms with E-state index in [2.05, 4.69) is 66.6 Å². The summed E-state index contributed by atoms with van der Waals surface area (Å²) in [7, 11) is 0. The van der Waals surface area contributed by atoms with Gasteiger partial charge in [0.2, 0.25) is 0 Å². The number of nitrogens with zero attached hydrogens (tertiary/aromatic N) is 1. The summed E-state index contributed by atoms with van der Waals surface area (Å²) in [4.78, 5) is 3.89. The Labute approximate surface area is 132 Å². The number of thiophene rings is 1. The number of benzene rings is 1. The summed E-state index contributed by atoms with van der Waals surface area (Å²) in [6.45, 7) is 6.46. The fourth-order valence-electron chi connectivity index (χ4n) is 2.45. The van der Waals surface area contributed by atoms with Gasteiger partial charge in [-0.3, -0.25) is 4.90 Å². The molecule has 0 fully saturated rings. The van der Waals surface area contributed by atoms with E-state index in [4.69, 9.17) is 5.73 Å². The molecule has 1 heterocycles. The van der Waals surface area contributed by atoms with Gasteiger partial charge in [-0.05, 0) is 43.7 Å². The number of nitrogens with two attached hydrogens (primary N) is 1. The molecule has 114 valence electrons. The first-order chi connectivity index (χ1) is 10.1. The molecule has 0 aliphatic rings. The lowest BCUT2D eigenvalue weighted by atomic mass is 10.0. The van der Waals surface area contributed by atoms with E-state index in [-0.39, 0.29) is 6.04 Å². The predicted molar refractivity (Wildman–Crippen MR) is 92.6 cm³/mol. The lowest BCUT2D eigenvalue weighted by Gasteiger charge is -2.28. The van der Waals surface area contributed by atoms with Gasteiger partial charge in [0.25, 0.3) is 0 Å². The molecule has 0 saturated heterocycles. The fraction of sp³-hybridized carbons (Fsp3) is 0.444. The summed E-state index contributed by atoms with van der Waals surface area (Å²) < 4.78 is 0. The molecule has 2 rings (SSSR count). The molecule has 1 aromatic carbocycles. The molecule has 1 atom stereocenters. The molecule has 2 aromatic rings. The zero-order valence-corrected chi connectivity index (χ0v) is 13.9. The third kappa shape index (κ3) is 5.62. The molecule has 0 spiro atoms. The topological polar surface area (TPSA) is 29.3 Å². The standard InChI is InChI=1S/C18H26N2S/c1-15(2)20(14-18-9-6-12-21-18)13-17(19)11-10-16-7-4-3-5-8-16/h3-9,12,15,17H,10-11,13-14,19H2,1-2H3. The molecular formula is C18H26N2S. The quantitative estimate of drug-likeness (QED) is 0.801.